The summed E-state index contributed by atoms with van der Waals surface area (Å²) in [6, 6.07) is 9.39. The van der Waals surface area contributed by atoms with Crippen molar-refractivity contribution in [2.24, 2.45) is 5.73 Å². The third-order valence-corrected chi connectivity index (χ3v) is 5.68. The summed E-state index contributed by atoms with van der Waals surface area (Å²) in [5, 5.41) is 0. The van der Waals surface area contributed by atoms with Gasteiger partial charge in [-0.1, -0.05) is 45.0 Å². The van der Waals surface area contributed by atoms with Crippen LogP contribution in [0.4, 0.5) is 0 Å². The third kappa shape index (κ3) is 4.00. The Morgan fingerprint density at radius 2 is 1.95 bits per heavy atom. The molecule has 0 saturated carbocycles. The number of hydrogen-bond acceptors (Lipinski definition) is 3. The van der Waals surface area contributed by atoms with Crippen molar-refractivity contribution in [1.82, 2.24) is 4.90 Å². The lowest BCUT2D eigenvalue weighted by molar-refractivity contribution is 0.211. The summed E-state index contributed by atoms with van der Waals surface area (Å²) in [7, 11) is 0. The Labute approximate surface area is 128 Å². The van der Waals surface area contributed by atoms with Gasteiger partial charge in [-0.2, -0.15) is 11.8 Å². The Morgan fingerprint density at radius 1 is 1.25 bits per heavy atom. The van der Waals surface area contributed by atoms with Crippen molar-refractivity contribution in [2.75, 3.05) is 25.4 Å². The first-order valence-electron chi connectivity index (χ1n) is 7.72. The first-order valence-corrected chi connectivity index (χ1v) is 8.71. The zero-order chi connectivity index (χ0) is 14.6. The van der Waals surface area contributed by atoms with Gasteiger partial charge in [0.15, 0.2) is 0 Å². The summed E-state index contributed by atoms with van der Waals surface area (Å²) in [5.41, 5.74) is 8.85. The number of thioether (sulfide) groups is 1. The smallest absolute Gasteiger partial charge is 0.0470 e. The molecule has 0 spiro atoms. The normalized spacial score (nSPS) is 21.4. The molecule has 0 amide bonds. The highest BCUT2D eigenvalue weighted by atomic mass is 32.2. The molecule has 1 atom stereocenters. The van der Waals surface area contributed by atoms with Gasteiger partial charge < -0.3 is 5.73 Å². The van der Waals surface area contributed by atoms with Gasteiger partial charge in [0.25, 0.3) is 0 Å². The van der Waals surface area contributed by atoms with Gasteiger partial charge in [-0.3, -0.25) is 4.90 Å². The number of nitrogens with zero attached hydrogens (tertiary/aromatic N) is 1. The summed E-state index contributed by atoms with van der Waals surface area (Å²) < 4.78 is 0.403. The van der Waals surface area contributed by atoms with Gasteiger partial charge in [0.1, 0.15) is 0 Å². The van der Waals surface area contributed by atoms with Gasteiger partial charge in [-0.05, 0) is 24.0 Å². The highest BCUT2D eigenvalue weighted by molar-refractivity contribution is 8.00. The first-order chi connectivity index (χ1) is 9.55. The van der Waals surface area contributed by atoms with Crippen LogP contribution in [0, 0.1) is 0 Å². The fourth-order valence-electron chi connectivity index (χ4n) is 2.82. The Balaban J connectivity index is 2.10. The van der Waals surface area contributed by atoms with E-state index in [1.165, 1.54) is 23.3 Å². The highest BCUT2D eigenvalue weighted by Gasteiger charge is 2.27. The molecular formula is C17H28N2S. The van der Waals surface area contributed by atoms with Crippen molar-refractivity contribution in [3.05, 3.63) is 35.4 Å². The van der Waals surface area contributed by atoms with E-state index >= 15 is 0 Å². The molecule has 1 heterocycles. The maximum absolute atomic E-state index is 6.08. The molecule has 1 aromatic carbocycles. The van der Waals surface area contributed by atoms with E-state index in [0.29, 0.717) is 17.3 Å². The van der Waals surface area contributed by atoms with Gasteiger partial charge in [-0.15, -0.1) is 0 Å². The number of rotatable bonds is 4. The van der Waals surface area contributed by atoms with Crippen LogP contribution in [0.5, 0.6) is 0 Å². The third-order valence-electron chi connectivity index (χ3n) is 4.31. The molecule has 1 aliphatic heterocycles. The van der Waals surface area contributed by atoms with Gasteiger partial charge in [0, 0.05) is 36.2 Å². The molecule has 3 heteroatoms. The van der Waals surface area contributed by atoms with Crippen LogP contribution in [0.3, 0.4) is 0 Å². The van der Waals surface area contributed by atoms with Crippen molar-refractivity contribution < 1.29 is 0 Å². The maximum Gasteiger partial charge on any atom is 0.0470 e. The van der Waals surface area contributed by atoms with E-state index in [2.05, 4.69) is 61.7 Å². The molecular weight excluding hydrogens is 264 g/mol. The zero-order valence-electron chi connectivity index (χ0n) is 13.1. The van der Waals surface area contributed by atoms with Crippen molar-refractivity contribution in [3.63, 3.8) is 0 Å². The Morgan fingerprint density at radius 3 is 2.55 bits per heavy atom. The van der Waals surface area contributed by atoms with Crippen LogP contribution < -0.4 is 5.73 Å². The molecule has 112 valence electrons. The summed E-state index contributed by atoms with van der Waals surface area (Å²) in [5.74, 6) is 1.20. The molecule has 1 unspecified atom stereocenters. The Kier molecular flexibility index (Phi) is 5.53. The Bertz CT molecular complexity index is 414. The lowest BCUT2D eigenvalue weighted by Gasteiger charge is -2.30. The second-order valence-corrected chi connectivity index (χ2v) is 8.04. The molecule has 1 aromatic rings. The number of hydrogen-bond donors (Lipinski definition) is 1. The van der Waals surface area contributed by atoms with Crippen molar-refractivity contribution in [2.45, 2.75) is 44.4 Å². The van der Waals surface area contributed by atoms with Crippen LogP contribution in [0.1, 0.15) is 44.4 Å². The lowest BCUT2D eigenvalue weighted by atomic mass is 10.0. The summed E-state index contributed by atoms with van der Waals surface area (Å²) in [6.07, 6.45) is 2.34. The largest absolute Gasteiger partial charge is 0.329 e. The van der Waals surface area contributed by atoms with E-state index in [-0.39, 0.29) is 0 Å². The predicted octanol–water partition coefficient (Wildman–Crippen LogP) is 3.47. The van der Waals surface area contributed by atoms with Gasteiger partial charge in [0.05, 0.1) is 0 Å². The summed E-state index contributed by atoms with van der Waals surface area (Å²) in [6.45, 7) is 9.91. The minimum absolute atomic E-state index is 0.371. The van der Waals surface area contributed by atoms with E-state index in [1.807, 2.05) is 0 Å². The molecule has 0 radical (unpaired) electrons. The van der Waals surface area contributed by atoms with Crippen LogP contribution in [-0.4, -0.2) is 35.0 Å². The van der Waals surface area contributed by atoms with E-state index < -0.39 is 0 Å². The molecule has 1 aliphatic rings. The molecule has 1 fully saturated rings. The Hall–Kier alpha value is -0.510. The lowest BCUT2D eigenvalue weighted by Crippen LogP contribution is -2.35. The summed E-state index contributed by atoms with van der Waals surface area (Å²) >= 11 is 2.09. The van der Waals surface area contributed by atoms with E-state index in [4.69, 9.17) is 5.73 Å². The monoisotopic (exact) mass is 292 g/mol. The molecule has 20 heavy (non-hydrogen) atoms. The molecule has 0 aromatic heterocycles. The predicted molar refractivity (Wildman–Crippen MR) is 90.3 cm³/mol. The average Bonchev–Trinajstić information content (AvgIpc) is 2.62. The van der Waals surface area contributed by atoms with Crippen LogP contribution in [-0.2, 0) is 6.42 Å². The SMILES string of the molecule is CCc1ccc(C(CN)N2CCSC(C)(C)CC2)cc1. The summed E-state index contributed by atoms with van der Waals surface area (Å²) in [4.78, 5) is 2.57. The molecule has 1 saturated heterocycles. The average molecular weight is 292 g/mol. The van der Waals surface area contributed by atoms with E-state index in [0.717, 1.165) is 19.5 Å². The maximum atomic E-state index is 6.08. The van der Waals surface area contributed by atoms with Crippen LogP contribution in [0.25, 0.3) is 0 Å². The molecule has 2 N–H and O–H groups in total. The van der Waals surface area contributed by atoms with Crippen molar-refractivity contribution >= 4 is 11.8 Å². The van der Waals surface area contributed by atoms with Crippen LogP contribution in [0.2, 0.25) is 0 Å². The topological polar surface area (TPSA) is 29.3 Å². The van der Waals surface area contributed by atoms with Crippen molar-refractivity contribution in [3.8, 4) is 0 Å². The molecule has 0 bridgehead atoms. The fraction of sp³-hybridized carbons (Fsp3) is 0.647. The fourth-order valence-corrected chi connectivity index (χ4v) is 3.93. The standard InChI is InChI=1S/C17H28N2S/c1-4-14-5-7-15(8-6-14)16(13-18)19-10-9-17(2,3)20-12-11-19/h5-8,16H,4,9-13,18H2,1-3H3. The number of benzene rings is 1. The van der Waals surface area contributed by atoms with Crippen molar-refractivity contribution in [1.29, 1.82) is 0 Å². The quantitative estimate of drug-likeness (QED) is 0.921. The highest BCUT2D eigenvalue weighted by Crippen LogP contribution is 2.33. The zero-order valence-corrected chi connectivity index (χ0v) is 13.9. The minimum atomic E-state index is 0.371. The minimum Gasteiger partial charge on any atom is -0.329 e. The van der Waals surface area contributed by atoms with Gasteiger partial charge in [0.2, 0.25) is 0 Å². The number of aryl methyl sites for hydroxylation is 1. The second-order valence-electron chi connectivity index (χ2n) is 6.24. The second kappa shape index (κ2) is 6.97. The molecule has 2 rings (SSSR count). The van der Waals surface area contributed by atoms with Crippen LogP contribution >= 0.6 is 11.8 Å². The molecule has 2 nitrogen and oxygen atoms in total. The van der Waals surface area contributed by atoms with E-state index in [1.54, 1.807) is 0 Å². The van der Waals surface area contributed by atoms with Gasteiger partial charge >= 0.3 is 0 Å². The van der Waals surface area contributed by atoms with Gasteiger partial charge in [-0.25, -0.2) is 0 Å². The molecule has 0 aliphatic carbocycles. The van der Waals surface area contributed by atoms with E-state index in [9.17, 15) is 0 Å². The number of nitrogens with two attached hydrogens (primary N) is 1. The van der Waals surface area contributed by atoms with Crippen LogP contribution in [0.15, 0.2) is 24.3 Å². The first kappa shape index (κ1) is 15.9.